The third-order valence-electron chi connectivity index (χ3n) is 4.26. The minimum absolute atomic E-state index is 0.314. The van der Waals surface area contributed by atoms with Gasteiger partial charge >= 0.3 is 0 Å². The van der Waals surface area contributed by atoms with Gasteiger partial charge in [0.1, 0.15) is 0 Å². The average Bonchev–Trinajstić information content (AvgIpc) is 2.55. The van der Waals surface area contributed by atoms with Crippen LogP contribution in [0.2, 0.25) is 0 Å². The molecule has 2 atom stereocenters. The molecule has 3 heteroatoms. The normalized spacial score (nSPS) is 40.1. The molecule has 14 heavy (non-hydrogen) atoms. The maximum atomic E-state index is 11.6. The molecule has 0 aromatic rings. The van der Waals surface area contributed by atoms with Crippen molar-refractivity contribution in [2.24, 2.45) is 23.7 Å². The largest absolute Gasteiger partial charge is 0.356 e. The van der Waals surface area contributed by atoms with Crippen molar-refractivity contribution >= 4 is 5.91 Å². The molecule has 2 aliphatic carbocycles. The van der Waals surface area contributed by atoms with Crippen LogP contribution in [0, 0.1) is 23.7 Å². The van der Waals surface area contributed by atoms with Crippen LogP contribution in [-0.4, -0.2) is 25.5 Å². The Morgan fingerprint density at radius 2 is 2.00 bits per heavy atom. The van der Waals surface area contributed by atoms with Gasteiger partial charge in [-0.05, 0) is 43.7 Å². The molecule has 2 unspecified atom stereocenters. The van der Waals surface area contributed by atoms with Crippen LogP contribution in [-0.2, 0) is 4.79 Å². The molecule has 78 valence electrons. The zero-order chi connectivity index (χ0) is 9.54. The molecule has 3 aliphatic rings. The van der Waals surface area contributed by atoms with E-state index in [1.807, 2.05) is 0 Å². The Kier molecular flexibility index (Phi) is 2.01. The maximum absolute atomic E-state index is 11.6. The smallest absolute Gasteiger partial charge is 0.223 e. The third-order valence-corrected chi connectivity index (χ3v) is 4.26. The van der Waals surface area contributed by atoms with Crippen molar-refractivity contribution in [1.29, 1.82) is 0 Å². The van der Waals surface area contributed by atoms with Gasteiger partial charge in [0.15, 0.2) is 0 Å². The fourth-order valence-electron chi connectivity index (χ4n) is 2.88. The highest BCUT2D eigenvalue weighted by Gasteiger charge is 2.52. The molecular weight excluding hydrogens is 176 g/mol. The zero-order valence-corrected chi connectivity index (χ0v) is 8.46. The number of carbonyl (C=O) groups excluding carboxylic acids is 1. The van der Waals surface area contributed by atoms with E-state index in [-0.39, 0.29) is 0 Å². The molecule has 1 aliphatic heterocycles. The lowest BCUT2D eigenvalue weighted by Crippen LogP contribution is -2.36. The molecule has 3 nitrogen and oxygen atoms in total. The topological polar surface area (TPSA) is 41.1 Å². The van der Waals surface area contributed by atoms with Crippen LogP contribution in [0.15, 0.2) is 0 Å². The summed E-state index contributed by atoms with van der Waals surface area (Å²) in [5, 5.41) is 6.48. The minimum atomic E-state index is 0.314. The van der Waals surface area contributed by atoms with Crippen molar-refractivity contribution in [1.82, 2.24) is 10.6 Å². The van der Waals surface area contributed by atoms with Crippen LogP contribution >= 0.6 is 0 Å². The predicted molar refractivity (Wildman–Crippen MR) is 53.7 cm³/mol. The highest BCUT2D eigenvalue weighted by atomic mass is 16.1. The van der Waals surface area contributed by atoms with Gasteiger partial charge < -0.3 is 10.6 Å². The van der Waals surface area contributed by atoms with Crippen LogP contribution < -0.4 is 10.6 Å². The summed E-state index contributed by atoms with van der Waals surface area (Å²) >= 11 is 0. The molecule has 1 amide bonds. The molecule has 2 saturated carbocycles. The van der Waals surface area contributed by atoms with Gasteiger partial charge in [0.2, 0.25) is 5.91 Å². The number of piperidine rings is 1. The number of nitrogens with one attached hydrogen (secondary N) is 2. The maximum Gasteiger partial charge on any atom is 0.223 e. The van der Waals surface area contributed by atoms with Crippen molar-refractivity contribution < 1.29 is 4.79 Å². The van der Waals surface area contributed by atoms with Crippen molar-refractivity contribution in [2.75, 3.05) is 19.6 Å². The second-order valence-corrected chi connectivity index (χ2v) is 5.02. The first-order valence-corrected chi connectivity index (χ1v) is 5.84. The van der Waals surface area contributed by atoms with Gasteiger partial charge in [-0.15, -0.1) is 0 Å². The molecule has 0 spiro atoms. The second-order valence-electron chi connectivity index (χ2n) is 5.02. The van der Waals surface area contributed by atoms with E-state index in [0.29, 0.717) is 11.8 Å². The van der Waals surface area contributed by atoms with Crippen LogP contribution in [0.3, 0.4) is 0 Å². The van der Waals surface area contributed by atoms with Crippen molar-refractivity contribution in [3.05, 3.63) is 0 Å². The number of amides is 1. The van der Waals surface area contributed by atoms with Crippen molar-refractivity contribution in [3.8, 4) is 0 Å². The Balaban J connectivity index is 1.40. The van der Waals surface area contributed by atoms with E-state index >= 15 is 0 Å². The van der Waals surface area contributed by atoms with Crippen LogP contribution in [0.1, 0.15) is 19.3 Å². The van der Waals surface area contributed by atoms with E-state index in [1.54, 1.807) is 0 Å². The fraction of sp³-hybridized carbons (Fsp3) is 0.909. The summed E-state index contributed by atoms with van der Waals surface area (Å²) in [5.74, 6) is 3.20. The Bertz CT molecular complexity index is 240. The third kappa shape index (κ3) is 1.34. The lowest BCUT2D eigenvalue weighted by Gasteiger charge is -2.24. The summed E-state index contributed by atoms with van der Waals surface area (Å²) < 4.78 is 0. The summed E-state index contributed by atoms with van der Waals surface area (Å²) in [6.45, 7) is 3.29. The van der Waals surface area contributed by atoms with Gasteiger partial charge in [0.05, 0.1) is 0 Å². The fourth-order valence-corrected chi connectivity index (χ4v) is 2.88. The van der Waals surface area contributed by atoms with Gasteiger partial charge in [0, 0.05) is 12.5 Å². The minimum Gasteiger partial charge on any atom is -0.356 e. The van der Waals surface area contributed by atoms with E-state index in [2.05, 4.69) is 10.6 Å². The van der Waals surface area contributed by atoms with E-state index in [9.17, 15) is 4.79 Å². The lowest BCUT2D eigenvalue weighted by atomic mass is 9.85. The molecule has 1 heterocycles. The standard InChI is InChI=1S/C11H18N2O/c14-11(7-2-1-3-7)13-6-10-8-4-12-5-9(8)10/h7-10,12H,1-6H2,(H,13,14). The zero-order valence-electron chi connectivity index (χ0n) is 8.46. The first-order valence-electron chi connectivity index (χ1n) is 5.84. The van der Waals surface area contributed by atoms with Gasteiger partial charge in [-0.25, -0.2) is 0 Å². The predicted octanol–water partition coefficient (Wildman–Crippen LogP) is 0.368. The van der Waals surface area contributed by atoms with Crippen LogP contribution in [0.4, 0.5) is 0 Å². The van der Waals surface area contributed by atoms with Crippen molar-refractivity contribution in [2.45, 2.75) is 19.3 Å². The van der Waals surface area contributed by atoms with E-state index < -0.39 is 0 Å². The summed E-state index contributed by atoms with van der Waals surface area (Å²) in [4.78, 5) is 11.6. The highest BCUT2D eigenvalue weighted by Crippen LogP contribution is 2.48. The summed E-state index contributed by atoms with van der Waals surface area (Å²) in [6, 6.07) is 0. The quantitative estimate of drug-likeness (QED) is 0.681. The Labute approximate surface area is 84.6 Å². The molecule has 2 N–H and O–H groups in total. The summed E-state index contributed by atoms with van der Waals surface area (Å²) in [7, 11) is 0. The number of rotatable bonds is 3. The molecule has 1 saturated heterocycles. The summed E-state index contributed by atoms with van der Waals surface area (Å²) in [5.41, 5.74) is 0. The molecule has 3 rings (SSSR count). The van der Waals surface area contributed by atoms with E-state index in [4.69, 9.17) is 0 Å². The first-order chi connectivity index (χ1) is 6.86. The van der Waals surface area contributed by atoms with Crippen LogP contribution in [0.25, 0.3) is 0 Å². The first kappa shape index (κ1) is 8.72. The lowest BCUT2D eigenvalue weighted by molar-refractivity contribution is -0.127. The molecule has 0 aromatic heterocycles. The Hall–Kier alpha value is -0.570. The SMILES string of the molecule is O=C(NCC1C2CNCC21)C1CCC1. The summed E-state index contributed by atoms with van der Waals surface area (Å²) in [6.07, 6.45) is 3.48. The Morgan fingerprint density at radius 1 is 1.29 bits per heavy atom. The molecular formula is C11H18N2O. The van der Waals surface area contributed by atoms with Crippen LogP contribution in [0.5, 0.6) is 0 Å². The average molecular weight is 194 g/mol. The number of carbonyl (C=O) groups is 1. The number of hydrogen-bond donors (Lipinski definition) is 2. The van der Waals surface area contributed by atoms with E-state index in [1.165, 1.54) is 19.5 Å². The molecule has 0 bridgehead atoms. The molecule has 0 radical (unpaired) electrons. The number of fused-ring (bicyclic) bond motifs is 1. The molecule has 3 fully saturated rings. The number of hydrogen-bond acceptors (Lipinski definition) is 2. The van der Waals surface area contributed by atoms with E-state index in [0.717, 1.165) is 37.1 Å². The second kappa shape index (κ2) is 3.23. The monoisotopic (exact) mass is 194 g/mol. The van der Waals surface area contributed by atoms with Gasteiger partial charge in [-0.3, -0.25) is 4.79 Å². The highest BCUT2D eigenvalue weighted by molar-refractivity contribution is 5.79. The van der Waals surface area contributed by atoms with Crippen molar-refractivity contribution in [3.63, 3.8) is 0 Å². The van der Waals surface area contributed by atoms with Gasteiger partial charge in [-0.1, -0.05) is 6.42 Å². The van der Waals surface area contributed by atoms with Gasteiger partial charge in [-0.2, -0.15) is 0 Å². The molecule has 0 aromatic carbocycles. The Morgan fingerprint density at radius 3 is 2.57 bits per heavy atom. The van der Waals surface area contributed by atoms with Gasteiger partial charge in [0.25, 0.3) is 0 Å².